The number of halogens is 1. The molecule has 0 saturated heterocycles. The van der Waals surface area contributed by atoms with Crippen molar-refractivity contribution in [3.8, 4) is 0 Å². The predicted octanol–water partition coefficient (Wildman–Crippen LogP) is 2.96. The molecule has 2 heterocycles. The Morgan fingerprint density at radius 2 is 2.21 bits per heavy atom. The summed E-state index contributed by atoms with van der Waals surface area (Å²) in [6.45, 7) is 0.939. The first-order valence-electron chi connectivity index (χ1n) is 5.94. The number of rotatable bonds is 4. The second-order valence-electron chi connectivity index (χ2n) is 4.36. The topological polar surface area (TPSA) is 40.2 Å². The molecule has 0 N–H and O–H groups in total. The molecule has 0 aliphatic rings. The van der Waals surface area contributed by atoms with Crippen LogP contribution < -0.4 is 0 Å². The Hall–Kier alpha value is -2.14. The average Bonchev–Trinajstić information content (AvgIpc) is 2.98. The predicted molar refractivity (Wildman–Crippen MR) is 68.2 cm³/mol. The van der Waals surface area contributed by atoms with Gasteiger partial charge in [-0.05, 0) is 29.7 Å². The van der Waals surface area contributed by atoms with Crippen LogP contribution in [0, 0.1) is 5.82 Å². The highest BCUT2D eigenvalue weighted by molar-refractivity contribution is 5.80. The number of methoxy groups -OCH3 is 1. The number of nitrogens with zero attached hydrogens (tertiary/aromatic N) is 2. The normalized spacial score (nSPS) is 11.3. The summed E-state index contributed by atoms with van der Waals surface area (Å²) < 4.78 is 25.3. The molecule has 0 amide bonds. The molecule has 0 saturated carbocycles. The third kappa shape index (κ3) is 2.37. The first kappa shape index (κ1) is 11.9. The molecule has 0 aliphatic heterocycles. The molecule has 0 atom stereocenters. The van der Waals surface area contributed by atoms with Crippen LogP contribution >= 0.6 is 0 Å². The maximum atomic E-state index is 13.3. The van der Waals surface area contributed by atoms with E-state index in [0.29, 0.717) is 18.9 Å². The summed E-state index contributed by atoms with van der Waals surface area (Å²) in [5.74, 6) is 0.438. The zero-order chi connectivity index (χ0) is 13.2. The molecule has 3 aromatic rings. The van der Waals surface area contributed by atoms with Crippen molar-refractivity contribution in [3.63, 3.8) is 0 Å². The van der Waals surface area contributed by atoms with Crippen LogP contribution in [0.25, 0.3) is 10.9 Å². The zero-order valence-electron chi connectivity index (χ0n) is 10.5. The molecule has 3 rings (SSSR count). The van der Waals surface area contributed by atoms with Crippen molar-refractivity contribution in [3.05, 3.63) is 53.8 Å². The van der Waals surface area contributed by atoms with Crippen LogP contribution in [-0.4, -0.2) is 16.8 Å². The SMILES string of the molecule is COCc1cc(Cn2ccc3ccc(F)cc32)no1. The number of fused-ring (bicyclic) bond motifs is 1. The van der Waals surface area contributed by atoms with Gasteiger partial charge in [-0.3, -0.25) is 0 Å². The molecule has 0 radical (unpaired) electrons. The van der Waals surface area contributed by atoms with E-state index in [4.69, 9.17) is 9.26 Å². The van der Waals surface area contributed by atoms with E-state index in [-0.39, 0.29) is 5.82 Å². The first-order valence-corrected chi connectivity index (χ1v) is 5.94. The van der Waals surface area contributed by atoms with Crippen LogP contribution in [0.1, 0.15) is 11.5 Å². The molecule has 4 nitrogen and oxygen atoms in total. The summed E-state index contributed by atoms with van der Waals surface area (Å²) >= 11 is 0. The first-order chi connectivity index (χ1) is 9.26. The highest BCUT2D eigenvalue weighted by Gasteiger charge is 2.07. The van der Waals surface area contributed by atoms with Crippen LogP contribution in [0.4, 0.5) is 4.39 Å². The van der Waals surface area contributed by atoms with E-state index in [9.17, 15) is 4.39 Å². The van der Waals surface area contributed by atoms with E-state index in [1.54, 1.807) is 13.2 Å². The van der Waals surface area contributed by atoms with E-state index in [0.717, 1.165) is 16.6 Å². The van der Waals surface area contributed by atoms with E-state index in [1.807, 2.05) is 22.9 Å². The van der Waals surface area contributed by atoms with Crippen molar-refractivity contribution in [1.82, 2.24) is 9.72 Å². The van der Waals surface area contributed by atoms with Gasteiger partial charge in [0.25, 0.3) is 0 Å². The molecule has 19 heavy (non-hydrogen) atoms. The monoisotopic (exact) mass is 260 g/mol. The van der Waals surface area contributed by atoms with Crippen molar-refractivity contribution in [2.24, 2.45) is 0 Å². The molecule has 0 bridgehead atoms. The summed E-state index contributed by atoms with van der Waals surface area (Å²) in [6.07, 6.45) is 1.91. The van der Waals surface area contributed by atoms with Crippen LogP contribution in [-0.2, 0) is 17.9 Å². The Kier molecular flexibility index (Phi) is 3.05. The summed E-state index contributed by atoms with van der Waals surface area (Å²) in [4.78, 5) is 0. The standard InChI is InChI=1S/C14H13FN2O2/c1-18-9-13-7-12(16-19-13)8-17-5-4-10-2-3-11(15)6-14(10)17/h2-7H,8-9H2,1H3. The van der Waals surface area contributed by atoms with Crippen LogP contribution in [0.2, 0.25) is 0 Å². The van der Waals surface area contributed by atoms with Gasteiger partial charge < -0.3 is 13.8 Å². The van der Waals surface area contributed by atoms with Crippen LogP contribution in [0.5, 0.6) is 0 Å². The quantitative estimate of drug-likeness (QED) is 0.724. The van der Waals surface area contributed by atoms with Crippen molar-refractivity contribution in [2.75, 3.05) is 7.11 Å². The van der Waals surface area contributed by atoms with E-state index >= 15 is 0 Å². The summed E-state index contributed by atoms with van der Waals surface area (Å²) in [5, 5.41) is 4.97. The number of ether oxygens (including phenoxy) is 1. The van der Waals surface area contributed by atoms with Crippen molar-refractivity contribution in [2.45, 2.75) is 13.2 Å². The molecule has 0 aliphatic carbocycles. The largest absolute Gasteiger partial charge is 0.377 e. The minimum Gasteiger partial charge on any atom is -0.377 e. The third-order valence-electron chi connectivity index (χ3n) is 2.96. The van der Waals surface area contributed by atoms with Crippen LogP contribution in [0.3, 0.4) is 0 Å². The van der Waals surface area contributed by atoms with Crippen molar-refractivity contribution < 1.29 is 13.7 Å². The van der Waals surface area contributed by atoms with E-state index in [2.05, 4.69) is 5.16 Å². The van der Waals surface area contributed by atoms with Gasteiger partial charge in [0.15, 0.2) is 5.76 Å². The minimum atomic E-state index is -0.243. The van der Waals surface area contributed by atoms with Gasteiger partial charge in [0.2, 0.25) is 0 Å². The maximum absolute atomic E-state index is 13.3. The Balaban J connectivity index is 1.89. The highest BCUT2D eigenvalue weighted by Crippen LogP contribution is 2.18. The molecule has 98 valence electrons. The Morgan fingerprint density at radius 3 is 3.05 bits per heavy atom. The zero-order valence-corrected chi connectivity index (χ0v) is 10.5. The smallest absolute Gasteiger partial charge is 0.162 e. The average molecular weight is 260 g/mol. The van der Waals surface area contributed by atoms with Gasteiger partial charge in [-0.15, -0.1) is 0 Å². The second-order valence-corrected chi connectivity index (χ2v) is 4.36. The fraction of sp³-hybridized carbons (Fsp3) is 0.214. The Morgan fingerprint density at radius 1 is 1.32 bits per heavy atom. The maximum Gasteiger partial charge on any atom is 0.162 e. The van der Waals surface area contributed by atoms with Gasteiger partial charge in [-0.1, -0.05) is 5.16 Å². The molecule has 1 aromatic carbocycles. The molecular weight excluding hydrogens is 247 g/mol. The molecule has 0 unspecified atom stereocenters. The third-order valence-corrected chi connectivity index (χ3v) is 2.96. The number of hydrogen-bond acceptors (Lipinski definition) is 3. The lowest BCUT2D eigenvalue weighted by Crippen LogP contribution is -1.98. The van der Waals surface area contributed by atoms with Crippen molar-refractivity contribution in [1.29, 1.82) is 0 Å². The van der Waals surface area contributed by atoms with Gasteiger partial charge in [-0.2, -0.15) is 0 Å². The fourth-order valence-corrected chi connectivity index (χ4v) is 2.11. The Bertz CT molecular complexity index is 702. The Labute approximate surface area is 109 Å². The fourth-order valence-electron chi connectivity index (χ4n) is 2.11. The molecule has 0 fully saturated rings. The summed E-state index contributed by atoms with van der Waals surface area (Å²) in [7, 11) is 1.60. The van der Waals surface area contributed by atoms with Crippen molar-refractivity contribution >= 4 is 10.9 Å². The van der Waals surface area contributed by atoms with Gasteiger partial charge in [0, 0.05) is 19.4 Å². The number of aromatic nitrogens is 2. The minimum absolute atomic E-state index is 0.243. The van der Waals surface area contributed by atoms with Gasteiger partial charge in [0.1, 0.15) is 18.1 Å². The lowest BCUT2D eigenvalue weighted by Gasteiger charge is -2.02. The molecule has 5 heteroatoms. The second kappa shape index (κ2) is 4.85. The summed E-state index contributed by atoms with van der Waals surface area (Å²) in [6, 6.07) is 8.53. The lowest BCUT2D eigenvalue weighted by atomic mass is 10.2. The van der Waals surface area contributed by atoms with E-state index < -0.39 is 0 Å². The number of hydrogen-bond donors (Lipinski definition) is 0. The molecular formula is C14H13FN2O2. The van der Waals surface area contributed by atoms with Crippen LogP contribution in [0.15, 0.2) is 41.1 Å². The van der Waals surface area contributed by atoms with E-state index in [1.165, 1.54) is 12.1 Å². The molecule has 0 spiro atoms. The van der Waals surface area contributed by atoms with Gasteiger partial charge in [0.05, 0.1) is 12.1 Å². The lowest BCUT2D eigenvalue weighted by molar-refractivity contribution is 0.155. The van der Waals surface area contributed by atoms with Gasteiger partial charge >= 0.3 is 0 Å². The summed E-state index contributed by atoms with van der Waals surface area (Å²) in [5.41, 5.74) is 1.63. The highest BCUT2D eigenvalue weighted by atomic mass is 19.1. The molecule has 2 aromatic heterocycles. The van der Waals surface area contributed by atoms with Gasteiger partial charge in [-0.25, -0.2) is 4.39 Å². The number of benzene rings is 1.